The zero-order valence-corrected chi connectivity index (χ0v) is 22.9. The van der Waals surface area contributed by atoms with Crippen LogP contribution in [0.15, 0.2) is 66.7 Å². The maximum Gasteiger partial charge on any atom is 0.255 e. The second kappa shape index (κ2) is 11.8. The van der Waals surface area contributed by atoms with Crippen LogP contribution < -0.4 is 10.1 Å². The minimum absolute atomic E-state index is 0.199. The Morgan fingerprint density at radius 2 is 1.41 bits per heavy atom. The van der Waals surface area contributed by atoms with Crippen molar-refractivity contribution in [3.05, 3.63) is 100 Å². The van der Waals surface area contributed by atoms with E-state index in [0.717, 1.165) is 56.0 Å². The Bertz CT molecular complexity index is 1440. The number of nitrogens with zero attached hydrogens (tertiary/aromatic N) is 3. The number of piperazine rings is 1. The predicted octanol–water partition coefficient (Wildman–Crippen LogP) is 3.48. The van der Waals surface area contributed by atoms with Crippen molar-refractivity contribution in [1.82, 2.24) is 20.0 Å². The fraction of sp³-hybridized carbons (Fsp3) is 0.344. The molecule has 3 aromatic rings. The van der Waals surface area contributed by atoms with Crippen molar-refractivity contribution < 1.29 is 23.5 Å². The van der Waals surface area contributed by atoms with E-state index >= 15 is 0 Å². The van der Waals surface area contributed by atoms with Crippen molar-refractivity contribution >= 4 is 17.7 Å². The van der Waals surface area contributed by atoms with Gasteiger partial charge in [0.2, 0.25) is 11.8 Å². The molecule has 3 aromatic carbocycles. The molecule has 6 rings (SSSR count). The number of benzene rings is 3. The first-order chi connectivity index (χ1) is 19.9. The number of carbonyl (C=O) groups excluding carboxylic acids is 3. The molecule has 41 heavy (non-hydrogen) atoms. The topological polar surface area (TPSA) is 82.2 Å². The average molecular weight is 557 g/mol. The van der Waals surface area contributed by atoms with Gasteiger partial charge in [-0.05, 0) is 47.4 Å². The van der Waals surface area contributed by atoms with E-state index < -0.39 is 11.9 Å². The Balaban J connectivity index is 1.00. The third-order valence-electron chi connectivity index (χ3n) is 8.15. The number of halogens is 1. The molecule has 3 aliphatic heterocycles. The summed E-state index contributed by atoms with van der Waals surface area (Å²) < 4.78 is 19.3. The number of hydrogen-bond acceptors (Lipinski definition) is 6. The number of carbonyl (C=O) groups is 3. The van der Waals surface area contributed by atoms with Gasteiger partial charge in [-0.3, -0.25) is 29.5 Å². The summed E-state index contributed by atoms with van der Waals surface area (Å²) in [5, 5.41) is 2.34. The molecule has 2 fully saturated rings. The highest BCUT2D eigenvalue weighted by atomic mass is 19.1. The van der Waals surface area contributed by atoms with Gasteiger partial charge in [0, 0.05) is 56.8 Å². The lowest BCUT2D eigenvalue weighted by molar-refractivity contribution is -0.136. The van der Waals surface area contributed by atoms with E-state index in [-0.39, 0.29) is 30.6 Å². The van der Waals surface area contributed by atoms with Crippen LogP contribution >= 0.6 is 0 Å². The highest BCUT2D eigenvalue weighted by Crippen LogP contribution is 2.34. The van der Waals surface area contributed by atoms with Crippen molar-refractivity contribution in [2.45, 2.75) is 45.1 Å². The summed E-state index contributed by atoms with van der Waals surface area (Å²) >= 11 is 0. The largest absolute Gasteiger partial charge is 0.489 e. The van der Waals surface area contributed by atoms with Crippen molar-refractivity contribution in [3.8, 4) is 5.75 Å². The molecular formula is C32H33FN4O4. The SMILES string of the molecule is O=C1CCC(N2Cc3c(OCc4ccc(CN5CCN(Cc6ccc(F)cc6)CC5)cc4)cccc3C2=O)C(=O)N1. The van der Waals surface area contributed by atoms with Crippen LogP contribution in [0.25, 0.3) is 0 Å². The van der Waals surface area contributed by atoms with Gasteiger partial charge in [-0.15, -0.1) is 0 Å². The van der Waals surface area contributed by atoms with E-state index in [2.05, 4.69) is 39.4 Å². The van der Waals surface area contributed by atoms with Crippen LogP contribution in [0, 0.1) is 5.82 Å². The van der Waals surface area contributed by atoms with E-state index in [4.69, 9.17) is 4.74 Å². The lowest BCUT2D eigenvalue weighted by Crippen LogP contribution is -2.52. The summed E-state index contributed by atoms with van der Waals surface area (Å²) in [6.07, 6.45) is 0.558. The molecule has 0 radical (unpaired) electrons. The zero-order chi connectivity index (χ0) is 28.3. The van der Waals surface area contributed by atoms with Gasteiger partial charge in [0.05, 0.1) is 6.54 Å². The van der Waals surface area contributed by atoms with Crippen LogP contribution in [0.4, 0.5) is 4.39 Å². The second-order valence-corrected chi connectivity index (χ2v) is 11.0. The number of imide groups is 1. The van der Waals surface area contributed by atoms with Gasteiger partial charge < -0.3 is 9.64 Å². The average Bonchev–Trinajstić information content (AvgIpc) is 3.31. The Kier molecular flexibility index (Phi) is 7.80. The number of rotatable bonds is 8. The van der Waals surface area contributed by atoms with Gasteiger partial charge >= 0.3 is 0 Å². The summed E-state index contributed by atoms with van der Waals surface area (Å²) in [5.74, 6) is -0.494. The monoisotopic (exact) mass is 556 g/mol. The molecule has 9 heteroatoms. The lowest BCUT2D eigenvalue weighted by atomic mass is 10.0. The molecule has 0 aromatic heterocycles. The molecule has 0 bridgehead atoms. The summed E-state index contributed by atoms with van der Waals surface area (Å²) in [6.45, 7) is 6.31. The molecule has 0 saturated carbocycles. The molecule has 1 N–H and O–H groups in total. The molecule has 3 aliphatic rings. The minimum Gasteiger partial charge on any atom is -0.489 e. The molecule has 3 amide bonds. The molecule has 1 atom stereocenters. The Labute approximate surface area is 238 Å². The zero-order valence-electron chi connectivity index (χ0n) is 22.9. The first kappa shape index (κ1) is 27.1. The van der Waals surface area contributed by atoms with Gasteiger partial charge in [0.1, 0.15) is 24.2 Å². The van der Waals surface area contributed by atoms with Crippen LogP contribution in [-0.4, -0.2) is 64.6 Å². The Morgan fingerprint density at radius 1 is 0.805 bits per heavy atom. The lowest BCUT2D eigenvalue weighted by Gasteiger charge is -2.34. The summed E-state index contributed by atoms with van der Waals surface area (Å²) in [5.41, 5.74) is 4.72. The maximum absolute atomic E-state index is 13.2. The number of amides is 3. The molecule has 212 valence electrons. The Hall–Kier alpha value is -4.08. The Morgan fingerprint density at radius 3 is 2.05 bits per heavy atom. The van der Waals surface area contributed by atoms with Gasteiger partial charge in [-0.25, -0.2) is 4.39 Å². The van der Waals surface area contributed by atoms with E-state index in [9.17, 15) is 18.8 Å². The number of piperidine rings is 1. The molecule has 0 spiro atoms. The van der Waals surface area contributed by atoms with Crippen LogP contribution in [0.5, 0.6) is 5.75 Å². The standard InChI is InChI=1S/C32H33FN4O4/c33-25-10-8-23(9-11-25)19-36-16-14-35(15-17-36)18-22-4-6-24(7-5-22)21-41-29-3-1-2-26-27(29)20-37(32(26)40)28-12-13-30(38)34-31(28)39/h1-11,28H,12-21H2,(H,34,38,39). The quantitative estimate of drug-likeness (QED) is 0.428. The van der Waals surface area contributed by atoms with Crippen molar-refractivity contribution in [1.29, 1.82) is 0 Å². The third-order valence-corrected chi connectivity index (χ3v) is 8.15. The first-order valence-corrected chi connectivity index (χ1v) is 14.1. The molecule has 8 nitrogen and oxygen atoms in total. The molecule has 0 aliphatic carbocycles. The number of hydrogen-bond donors (Lipinski definition) is 1. The molecule has 2 saturated heterocycles. The predicted molar refractivity (Wildman–Crippen MR) is 150 cm³/mol. The normalized spacial score (nSPS) is 19.8. The van der Waals surface area contributed by atoms with Crippen LogP contribution in [0.3, 0.4) is 0 Å². The van der Waals surface area contributed by atoms with E-state index in [1.165, 1.54) is 22.6 Å². The number of ether oxygens (including phenoxy) is 1. The summed E-state index contributed by atoms with van der Waals surface area (Å²) in [4.78, 5) is 43.3. The highest BCUT2D eigenvalue weighted by Gasteiger charge is 2.40. The minimum atomic E-state index is -0.647. The van der Waals surface area contributed by atoms with E-state index in [1.807, 2.05) is 18.2 Å². The number of fused-ring (bicyclic) bond motifs is 1. The third kappa shape index (κ3) is 6.16. The van der Waals surface area contributed by atoms with Gasteiger partial charge in [-0.2, -0.15) is 0 Å². The molecule has 3 heterocycles. The van der Waals surface area contributed by atoms with Crippen molar-refractivity contribution in [2.75, 3.05) is 26.2 Å². The van der Waals surface area contributed by atoms with Crippen molar-refractivity contribution in [3.63, 3.8) is 0 Å². The van der Waals surface area contributed by atoms with Crippen LogP contribution in [0.1, 0.15) is 45.5 Å². The highest BCUT2D eigenvalue weighted by molar-refractivity contribution is 6.05. The van der Waals surface area contributed by atoms with Gasteiger partial charge in [0.15, 0.2) is 0 Å². The fourth-order valence-corrected chi connectivity index (χ4v) is 5.81. The molecular weight excluding hydrogens is 523 g/mol. The number of nitrogens with one attached hydrogen (secondary N) is 1. The van der Waals surface area contributed by atoms with Gasteiger partial charge in [0.25, 0.3) is 5.91 Å². The maximum atomic E-state index is 13.2. The van der Waals surface area contributed by atoms with Crippen molar-refractivity contribution in [2.24, 2.45) is 0 Å². The van der Waals surface area contributed by atoms with E-state index in [1.54, 1.807) is 12.1 Å². The van der Waals surface area contributed by atoms with Crippen LogP contribution in [0.2, 0.25) is 0 Å². The smallest absolute Gasteiger partial charge is 0.255 e. The van der Waals surface area contributed by atoms with Crippen LogP contribution in [-0.2, 0) is 35.8 Å². The summed E-state index contributed by atoms with van der Waals surface area (Å²) in [7, 11) is 0. The second-order valence-electron chi connectivity index (χ2n) is 11.0. The molecule has 1 unspecified atom stereocenters. The fourth-order valence-electron chi connectivity index (χ4n) is 5.81. The summed E-state index contributed by atoms with van der Waals surface area (Å²) in [6, 6.07) is 19.9. The van der Waals surface area contributed by atoms with Gasteiger partial charge in [-0.1, -0.05) is 42.5 Å². The first-order valence-electron chi connectivity index (χ1n) is 14.1. The van der Waals surface area contributed by atoms with E-state index in [0.29, 0.717) is 24.3 Å².